The normalized spacial score (nSPS) is 12.7. The zero-order valence-corrected chi connectivity index (χ0v) is 14.3. The number of likely N-dealkylation sites (N-methyl/N-ethyl adjacent to an activating group) is 1. The highest BCUT2D eigenvalue weighted by Crippen LogP contribution is 2.01. The highest BCUT2D eigenvalue weighted by Gasteiger charge is 2.20. The Morgan fingerprint density at radius 3 is 1.95 bits per heavy atom. The fourth-order valence-corrected chi connectivity index (χ4v) is 2.46. The standard InChI is InChI=1S/C11H22N2O6S2/c1-10(2)11(14)19-9-8-13(21(5,17)18)7-6-12(3)20(4,15)16/h1,6-9H2,2-5H3. The van der Waals surface area contributed by atoms with E-state index in [4.69, 9.17) is 4.74 Å². The Balaban J connectivity index is 4.57. The molecule has 0 atom stereocenters. The lowest BCUT2D eigenvalue weighted by molar-refractivity contribution is -0.139. The maximum Gasteiger partial charge on any atom is 0.333 e. The summed E-state index contributed by atoms with van der Waals surface area (Å²) >= 11 is 0. The summed E-state index contributed by atoms with van der Waals surface area (Å²) in [5, 5.41) is 0. The Morgan fingerprint density at radius 2 is 1.57 bits per heavy atom. The molecule has 0 amide bonds. The number of hydrogen-bond acceptors (Lipinski definition) is 6. The minimum atomic E-state index is -3.53. The van der Waals surface area contributed by atoms with Crippen molar-refractivity contribution in [2.75, 3.05) is 45.8 Å². The summed E-state index contributed by atoms with van der Waals surface area (Å²) < 4.78 is 52.6. The lowest BCUT2D eigenvalue weighted by Gasteiger charge is -2.22. The van der Waals surface area contributed by atoms with Crippen LogP contribution in [0.25, 0.3) is 0 Å². The van der Waals surface area contributed by atoms with Crippen molar-refractivity contribution in [1.29, 1.82) is 0 Å². The molecule has 0 unspecified atom stereocenters. The van der Waals surface area contributed by atoms with E-state index in [9.17, 15) is 21.6 Å². The SMILES string of the molecule is C=C(C)C(=O)OCCN(CCN(C)S(C)(=O)=O)S(C)(=O)=O. The molecule has 124 valence electrons. The molecule has 0 aromatic rings. The predicted molar refractivity (Wildman–Crippen MR) is 79.7 cm³/mol. The molecule has 0 aliphatic carbocycles. The van der Waals surface area contributed by atoms with Crippen molar-refractivity contribution in [1.82, 2.24) is 8.61 Å². The van der Waals surface area contributed by atoms with E-state index in [1.54, 1.807) is 0 Å². The molecular formula is C11H22N2O6S2. The van der Waals surface area contributed by atoms with Gasteiger partial charge in [0.2, 0.25) is 20.0 Å². The first kappa shape index (κ1) is 20.0. The number of rotatable bonds is 9. The van der Waals surface area contributed by atoms with Crippen LogP contribution in [0, 0.1) is 0 Å². The monoisotopic (exact) mass is 342 g/mol. The number of nitrogens with zero attached hydrogens (tertiary/aromatic N) is 2. The van der Waals surface area contributed by atoms with Crippen LogP contribution in [-0.4, -0.2) is 77.2 Å². The van der Waals surface area contributed by atoms with E-state index in [0.717, 1.165) is 21.1 Å². The topological polar surface area (TPSA) is 101 Å². The largest absolute Gasteiger partial charge is 0.461 e. The van der Waals surface area contributed by atoms with Gasteiger partial charge in [0.05, 0.1) is 12.5 Å². The Bertz CT molecular complexity index is 582. The number of carbonyl (C=O) groups excluding carboxylic acids is 1. The molecule has 0 saturated carbocycles. The van der Waals surface area contributed by atoms with Crippen molar-refractivity contribution in [2.45, 2.75) is 6.92 Å². The first-order valence-electron chi connectivity index (χ1n) is 6.04. The Kier molecular flexibility index (Phi) is 7.51. The van der Waals surface area contributed by atoms with Crippen LogP contribution >= 0.6 is 0 Å². The third kappa shape index (κ3) is 8.15. The molecular weight excluding hydrogens is 320 g/mol. The molecule has 0 aromatic heterocycles. The number of ether oxygens (including phenoxy) is 1. The van der Waals surface area contributed by atoms with Gasteiger partial charge in [-0.15, -0.1) is 0 Å². The lowest BCUT2D eigenvalue weighted by atomic mass is 10.4. The highest BCUT2D eigenvalue weighted by atomic mass is 32.2. The fourth-order valence-electron chi connectivity index (χ4n) is 1.22. The second-order valence-corrected chi connectivity index (χ2v) is 8.73. The van der Waals surface area contributed by atoms with Crippen LogP contribution in [0.4, 0.5) is 0 Å². The van der Waals surface area contributed by atoms with Gasteiger partial charge in [-0.2, -0.15) is 4.31 Å². The average molecular weight is 342 g/mol. The molecule has 10 heteroatoms. The number of hydrogen-bond donors (Lipinski definition) is 0. The van der Waals surface area contributed by atoms with Crippen molar-refractivity contribution >= 4 is 26.0 Å². The smallest absolute Gasteiger partial charge is 0.333 e. The minimum absolute atomic E-state index is 0.0142. The van der Waals surface area contributed by atoms with Gasteiger partial charge in [-0.3, -0.25) is 0 Å². The van der Waals surface area contributed by atoms with Gasteiger partial charge in [0, 0.05) is 32.3 Å². The summed E-state index contributed by atoms with van der Waals surface area (Å²) in [5.74, 6) is -0.600. The molecule has 0 aliphatic rings. The average Bonchev–Trinajstić information content (AvgIpc) is 2.29. The zero-order chi connectivity index (χ0) is 16.8. The third-order valence-corrected chi connectivity index (χ3v) is 5.24. The fraction of sp³-hybridized carbons (Fsp3) is 0.727. The lowest BCUT2D eigenvalue weighted by Crippen LogP contribution is -2.40. The van der Waals surface area contributed by atoms with Crippen molar-refractivity contribution in [2.24, 2.45) is 0 Å². The van der Waals surface area contributed by atoms with Gasteiger partial charge in [-0.05, 0) is 6.92 Å². The van der Waals surface area contributed by atoms with Gasteiger partial charge < -0.3 is 4.74 Å². The van der Waals surface area contributed by atoms with Crippen LogP contribution in [0.15, 0.2) is 12.2 Å². The third-order valence-electron chi connectivity index (χ3n) is 2.62. The van der Waals surface area contributed by atoms with Crippen LogP contribution in [-0.2, 0) is 29.6 Å². The van der Waals surface area contributed by atoms with Crippen molar-refractivity contribution < 1.29 is 26.4 Å². The van der Waals surface area contributed by atoms with Gasteiger partial charge in [-0.25, -0.2) is 25.9 Å². The number of sulfonamides is 2. The van der Waals surface area contributed by atoms with Crippen molar-refractivity contribution in [3.05, 3.63) is 12.2 Å². The summed E-state index contributed by atoms with van der Waals surface area (Å²) in [4.78, 5) is 11.2. The second kappa shape index (κ2) is 7.87. The van der Waals surface area contributed by atoms with Crippen molar-refractivity contribution in [3.8, 4) is 0 Å². The van der Waals surface area contributed by atoms with Crippen LogP contribution in [0.2, 0.25) is 0 Å². The van der Waals surface area contributed by atoms with Crippen LogP contribution in [0.1, 0.15) is 6.92 Å². The molecule has 0 saturated heterocycles. The van der Waals surface area contributed by atoms with E-state index in [2.05, 4.69) is 6.58 Å². The maximum absolute atomic E-state index is 11.6. The minimum Gasteiger partial charge on any atom is -0.461 e. The molecule has 0 bridgehead atoms. The Morgan fingerprint density at radius 1 is 1.05 bits per heavy atom. The zero-order valence-electron chi connectivity index (χ0n) is 12.7. The molecule has 0 heterocycles. The maximum atomic E-state index is 11.6. The summed E-state index contributed by atoms with van der Waals surface area (Å²) in [5.41, 5.74) is 0.220. The van der Waals surface area contributed by atoms with E-state index in [-0.39, 0.29) is 31.8 Å². The molecule has 0 N–H and O–H groups in total. The first-order valence-corrected chi connectivity index (χ1v) is 9.74. The second-order valence-electron chi connectivity index (χ2n) is 4.66. The molecule has 21 heavy (non-hydrogen) atoms. The Labute approximate surface area is 126 Å². The first-order chi connectivity index (χ1) is 9.35. The van der Waals surface area contributed by atoms with Crippen molar-refractivity contribution in [3.63, 3.8) is 0 Å². The molecule has 0 radical (unpaired) electrons. The van der Waals surface area contributed by atoms with E-state index in [1.165, 1.54) is 14.0 Å². The Hall–Kier alpha value is -0.970. The highest BCUT2D eigenvalue weighted by molar-refractivity contribution is 7.88. The van der Waals surface area contributed by atoms with E-state index in [1.807, 2.05) is 0 Å². The van der Waals surface area contributed by atoms with Gasteiger partial charge in [0.1, 0.15) is 6.61 Å². The molecule has 0 fully saturated rings. The van der Waals surface area contributed by atoms with E-state index in [0.29, 0.717) is 0 Å². The molecule has 0 rings (SSSR count). The van der Waals surface area contributed by atoms with Crippen LogP contribution in [0.3, 0.4) is 0 Å². The van der Waals surface area contributed by atoms with E-state index < -0.39 is 26.0 Å². The molecule has 0 spiro atoms. The number of esters is 1. The van der Waals surface area contributed by atoms with E-state index >= 15 is 0 Å². The van der Waals surface area contributed by atoms with Gasteiger partial charge >= 0.3 is 5.97 Å². The van der Waals surface area contributed by atoms with Crippen LogP contribution < -0.4 is 0 Å². The number of carbonyl (C=O) groups is 1. The van der Waals surface area contributed by atoms with Gasteiger partial charge in [0.15, 0.2) is 0 Å². The predicted octanol–water partition coefficient (Wildman–Crippen LogP) is -0.741. The molecule has 0 aliphatic heterocycles. The van der Waals surface area contributed by atoms with Crippen LogP contribution in [0.5, 0.6) is 0 Å². The molecule has 0 aromatic carbocycles. The summed E-state index contributed by atoms with van der Waals surface area (Å²) in [6.45, 7) is 4.72. The van der Waals surface area contributed by atoms with Gasteiger partial charge in [-0.1, -0.05) is 6.58 Å². The summed E-state index contributed by atoms with van der Waals surface area (Å²) in [6.07, 6.45) is 2.04. The quantitative estimate of drug-likeness (QED) is 0.404. The summed E-state index contributed by atoms with van der Waals surface area (Å²) in [6, 6.07) is 0. The molecule has 8 nitrogen and oxygen atoms in total. The summed E-state index contributed by atoms with van der Waals surface area (Å²) in [7, 11) is -5.54. The van der Waals surface area contributed by atoms with Gasteiger partial charge in [0.25, 0.3) is 0 Å².